The first-order valence-corrected chi connectivity index (χ1v) is 11.5. The maximum atomic E-state index is 13.0. The van der Waals surface area contributed by atoms with Gasteiger partial charge in [-0.2, -0.15) is 4.31 Å². The zero-order valence-electron chi connectivity index (χ0n) is 18.2. The molecule has 2 aromatic rings. The van der Waals surface area contributed by atoms with Gasteiger partial charge in [0.2, 0.25) is 15.8 Å². The summed E-state index contributed by atoms with van der Waals surface area (Å²) in [5.41, 5.74) is 1.39. The molecule has 2 aromatic carbocycles. The van der Waals surface area contributed by atoms with E-state index in [-0.39, 0.29) is 10.5 Å². The van der Waals surface area contributed by atoms with Crippen LogP contribution >= 0.6 is 0 Å². The number of hydrogen-bond donors (Lipinski definition) is 1. The van der Waals surface area contributed by atoms with Crippen molar-refractivity contribution in [2.24, 2.45) is 0 Å². The van der Waals surface area contributed by atoms with Crippen molar-refractivity contribution >= 4 is 21.6 Å². The summed E-state index contributed by atoms with van der Waals surface area (Å²) in [5, 5.41) is 2.80. The van der Waals surface area contributed by atoms with Crippen LogP contribution in [-0.2, 0) is 10.0 Å². The van der Waals surface area contributed by atoms with Crippen molar-refractivity contribution in [2.45, 2.75) is 31.1 Å². The van der Waals surface area contributed by atoms with Crippen molar-refractivity contribution in [2.75, 3.05) is 39.7 Å². The first kappa shape index (κ1) is 22.9. The number of carbonyl (C=O) groups excluding carboxylic acids is 1. The molecule has 0 atom stereocenters. The lowest BCUT2D eigenvalue weighted by Crippen LogP contribution is -2.35. The van der Waals surface area contributed by atoms with Crippen LogP contribution in [-0.4, -0.2) is 53.0 Å². The smallest absolute Gasteiger partial charge is 0.255 e. The number of sulfonamides is 1. The normalized spacial score (nSPS) is 14.7. The Morgan fingerprint density at radius 2 is 1.55 bits per heavy atom. The molecule has 1 amide bonds. The standard InChI is InChI=1S/C22H28N2O6S/c1-15-8-9-17(31(26,27)24-10-6-5-7-11-24)14-18(15)22(25)23-16-12-19(28-2)21(30-4)20(13-16)29-3/h8-9,12-14H,5-7,10-11H2,1-4H3,(H,23,25). The zero-order valence-corrected chi connectivity index (χ0v) is 19.0. The number of nitrogens with one attached hydrogen (secondary N) is 1. The zero-order chi connectivity index (χ0) is 22.6. The predicted octanol–water partition coefficient (Wildman–Crippen LogP) is 3.45. The average molecular weight is 449 g/mol. The van der Waals surface area contributed by atoms with Gasteiger partial charge in [0.25, 0.3) is 5.91 Å². The van der Waals surface area contributed by atoms with Gasteiger partial charge in [-0.25, -0.2) is 8.42 Å². The molecule has 8 nitrogen and oxygen atoms in total. The third kappa shape index (κ3) is 4.77. The molecule has 31 heavy (non-hydrogen) atoms. The minimum Gasteiger partial charge on any atom is -0.493 e. The fraction of sp³-hybridized carbons (Fsp3) is 0.409. The van der Waals surface area contributed by atoms with Crippen molar-refractivity contribution < 1.29 is 27.4 Å². The number of carbonyl (C=O) groups is 1. The number of amides is 1. The largest absolute Gasteiger partial charge is 0.493 e. The summed E-state index contributed by atoms with van der Waals surface area (Å²) in [5.74, 6) is 0.780. The molecule has 1 heterocycles. The lowest BCUT2D eigenvalue weighted by molar-refractivity contribution is 0.102. The molecule has 1 aliphatic rings. The highest BCUT2D eigenvalue weighted by Gasteiger charge is 2.27. The first-order chi connectivity index (χ1) is 14.8. The number of hydrogen-bond acceptors (Lipinski definition) is 6. The van der Waals surface area contributed by atoms with E-state index in [4.69, 9.17) is 14.2 Å². The van der Waals surface area contributed by atoms with Crippen molar-refractivity contribution in [3.8, 4) is 17.2 Å². The minimum absolute atomic E-state index is 0.120. The van der Waals surface area contributed by atoms with E-state index >= 15 is 0 Å². The molecule has 0 aliphatic carbocycles. The Morgan fingerprint density at radius 3 is 2.10 bits per heavy atom. The maximum absolute atomic E-state index is 13.0. The predicted molar refractivity (Wildman–Crippen MR) is 118 cm³/mol. The third-order valence-electron chi connectivity index (χ3n) is 5.33. The fourth-order valence-corrected chi connectivity index (χ4v) is 5.16. The number of aryl methyl sites for hydroxylation is 1. The van der Waals surface area contributed by atoms with Crippen molar-refractivity contribution in [3.63, 3.8) is 0 Å². The molecule has 1 fully saturated rings. The van der Waals surface area contributed by atoms with Gasteiger partial charge in [-0.15, -0.1) is 0 Å². The number of rotatable bonds is 7. The van der Waals surface area contributed by atoms with E-state index in [0.29, 0.717) is 41.6 Å². The monoisotopic (exact) mass is 448 g/mol. The van der Waals surface area contributed by atoms with E-state index < -0.39 is 15.9 Å². The third-order valence-corrected chi connectivity index (χ3v) is 7.22. The van der Waals surface area contributed by atoms with Gasteiger partial charge in [0, 0.05) is 36.5 Å². The lowest BCUT2D eigenvalue weighted by atomic mass is 10.1. The Morgan fingerprint density at radius 1 is 0.935 bits per heavy atom. The lowest BCUT2D eigenvalue weighted by Gasteiger charge is -2.26. The van der Waals surface area contributed by atoms with Crippen molar-refractivity contribution in [1.29, 1.82) is 0 Å². The topological polar surface area (TPSA) is 94.2 Å². The molecule has 1 aliphatic heterocycles. The number of anilines is 1. The Balaban J connectivity index is 1.91. The molecule has 9 heteroatoms. The van der Waals surface area contributed by atoms with Crippen LogP contribution in [0.4, 0.5) is 5.69 Å². The van der Waals surface area contributed by atoms with Gasteiger partial charge in [-0.1, -0.05) is 12.5 Å². The van der Waals surface area contributed by atoms with Crippen LogP contribution in [0.1, 0.15) is 35.2 Å². The molecular formula is C22H28N2O6S. The number of benzene rings is 2. The van der Waals surface area contributed by atoms with Crippen molar-refractivity contribution in [1.82, 2.24) is 4.31 Å². The molecule has 0 saturated carbocycles. The number of methoxy groups -OCH3 is 3. The van der Waals surface area contributed by atoms with Crippen LogP contribution < -0.4 is 19.5 Å². The van der Waals surface area contributed by atoms with Gasteiger partial charge in [0.05, 0.1) is 26.2 Å². The van der Waals surface area contributed by atoms with Gasteiger partial charge in [-0.05, 0) is 37.5 Å². The van der Waals surface area contributed by atoms with Crippen LogP contribution in [0, 0.1) is 6.92 Å². The number of piperidine rings is 1. The molecule has 1 saturated heterocycles. The molecule has 0 radical (unpaired) electrons. The summed E-state index contributed by atoms with van der Waals surface area (Å²) in [7, 11) is 0.831. The van der Waals surface area contributed by atoms with Crippen LogP contribution in [0.3, 0.4) is 0 Å². The highest BCUT2D eigenvalue weighted by Crippen LogP contribution is 2.40. The van der Waals surface area contributed by atoms with E-state index in [9.17, 15) is 13.2 Å². The van der Waals surface area contributed by atoms with E-state index in [1.54, 1.807) is 31.2 Å². The summed E-state index contributed by atoms with van der Waals surface area (Å²) in [6.45, 7) is 2.77. The van der Waals surface area contributed by atoms with Crippen LogP contribution in [0.5, 0.6) is 17.2 Å². The maximum Gasteiger partial charge on any atom is 0.255 e. The summed E-state index contributed by atoms with van der Waals surface area (Å²) in [6.07, 6.45) is 2.72. The Labute approximate surface area is 183 Å². The second-order valence-electron chi connectivity index (χ2n) is 7.31. The van der Waals surface area contributed by atoms with Gasteiger partial charge in [0.1, 0.15) is 0 Å². The van der Waals surface area contributed by atoms with E-state index in [1.165, 1.54) is 31.7 Å². The van der Waals surface area contributed by atoms with Crippen LogP contribution in [0.2, 0.25) is 0 Å². The number of ether oxygens (including phenoxy) is 3. The summed E-state index contributed by atoms with van der Waals surface area (Å²) < 4.78 is 43.5. The molecule has 0 spiro atoms. The molecule has 0 aromatic heterocycles. The van der Waals surface area contributed by atoms with Crippen LogP contribution in [0.25, 0.3) is 0 Å². The van der Waals surface area contributed by atoms with E-state index in [0.717, 1.165) is 19.3 Å². The van der Waals surface area contributed by atoms with E-state index in [1.807, 2.05) is 0 Å². The second kappa shape index (κ2) is 9.57. The van der Waals surface area contributed by atoms with Crippen LogP contribution in [0.15, 0.2) is 35.2 Å². The second-order valence-corrected chi connectivity index (χ2v) is 9.25. The van der Waals surface area contributed by atoms with Gasteiger partial charge in [-0.3, -0.25) is 4.79 Å². The number of nitrogens with zero attached hydrogens (tertiary/aromatic N) is 1. The molecule has 0 bridgehead atoms. The molecule has 0 unspecified atom stereocenters. The van der Waals surface area contributed by atoms with E-state index in [2.05, 4.69) is 5.32 Å². The Bertz CT molecular complexity index is 1040. The van der Waals surface area contributed by atoms with Crippen molar-refractivity contribution in [3.05, 3.63) is 41.5 Å². The summed E-state index contributed by atoms with van der Waals surface area (Å²) in [4.78, 5) is 13.1. The highest BCUT2D eigenvalue weighted by molar-refractivity contribution is 7.89. The fourth-order valence-electron chi connectivity index (χ4n) is 3.61. The van der Waals surface area contributed by atoms with Gasteiger partial charge in [0.15, 0.2) is 11.5 Å². The average Bonchev–Trinajstić information content (AvgIpc) is 2.78. The Hall–Kier alpha value is -2.78. The summed E-state index contributed by atoms with van der Waals surface area (Å²) >= 11 is 0. The SMILES string of the molecule is COc1cc(NC(=O)c2cc(S(=O)(=O)N3CCCCC3)ccc2C)cc(OC)c1OC. The van der Waals surface area contributed by atoms with Gasteiger partial charge >= 0.3 is 0 Å². The molecule has 3 rings (SSSR count). The molecule has 1 N–H and O–H groups in total. The summed E-state index contributed by atoms with van der Waals surface area (Å²) in [6, 6.07) is 7.87. The molecular weight excluding hydrogens is 420 g/mol. The highest BCUT2D eigenvalue weighted by atomic mass is 32.2. The molecule has 168 valence electrons. The Kier molecular flexibility index (Phi) is 7.07. The minimum atomic E-state index is -3.64. The quantitative estimate of drug-likeness (QED) is 0.697. The first-order valence-electron chi connectivity index (χ1n) is 10.0. The van der Waals surface area contributed by atoms with Gasteiger partial charge < -0.3 is 19.5 Å².